The molecule has 0 radical (unpaired) electrons. The van der Waals surface area contributed by atoms with E-state index in [1.165, 1.54) is 0 Å². The molecule has 21 heavy (non-hydrogen) atoms. The third kappa shape index (κ3) is 4.74. The molecule has 118 valence electrons. The number of anilines is 1. The minimum Gasteiger partial charge on any atom is -0.491 e. The van der Waals surface area contributed by atoms with Crippen LogP contribution in [0, 0.1) is 6.92 Å². The monoisotopic (exact) mass is 293 g/mol. The normalized spacial score (nSPS) is 13.9. The fourth-order valence-corrected chi connectivity index (χ4v) is 2.02. The zero-order valence-electron chi connectivity index (χ0n) is 13.9. The number of carbonyl (C=O) groups excluding carboxylic acids is 1. The van der Waals surface area contributed by atoms with Gasteiger partial charge in [0.25, 0.3) is 5.91 Å². The van der Waals surface area contributed by atoms with Gasteiger partial charge in [0.1, 0.15) is 11.4 Å². The van der Waals surface area contributed by atoms with E-state index in [1.807, 2.05) is 59.7 Å². The van der Waals surface area contributed by atoms with Gasteiger partial charge < -0.3 is 14.8 Å². The Bertz CT molecular complexity index is 485. The van der Waals surface area contributed by atoms with Crippen LogP contribution in [0.3, 0.4) is 0 Å². The SMILES string of the molecule is CCO[C@](C)(CC)C(=O)Nc1ccc(OC(C)C)c(C)c1. The first-order chi connectivity index (χ1) is 9.82. The Kier molecular flexibility index (Phi) is 6.21. The average Bonchev–Trinajstić information content (AvgIpc) is 2.41. The van der Waals surface area contributed by atoms with Crippen molar-refractivity contribution in [1.29, 1.82) is 0 Å². The summed E-state index contributed by atoms with van der Waals surface area (Å²) < 4.78 is 11.3. The molecule has 1 aromatic carbocycles. The predicted octanol–water partition coefficient (Wildman–Crippen LogP) is 3.93. The summed E-state index contributed by atoms with van der Waals surface area (Å²) in [6.07, 6.45) is 0.755. The summed E-state index contributed by atoms with van der Waals surface area (Å²) in [5.41, 5.74) is 0.958. The molecule has 0 fully saturated rings. The molecule has 0 saturated heterocycles. The molecule has 0 unspecified atom stereocenters. The summed E-state index contributed by atoms with van der Waals surface area (Å²) in [7, 11) is 0. The average molecular weight is 293 g/mol. The van der Waals surface area contributed by atoms with Crippen molar-refractivity contribution in [2.75, 3.05) is 11.9 Å². The molecule has 1 rings (SSSR count). The smallest absolute Gasteiger partial charge is 0.256 e. The van der Waals surface area contributed by atoms with Gasteiger partial charge in [-0.1, -0.05) is 6.92 Å². The van der Waals surface area contributed by atoms with Crippen molar-refractivity contribution in [3.8, 4) is 5.75 Å². The van der Waals surface area contributed by atoms with Crippen molar-refractivity contribution < 1.29 is 14.3 Å². The summed E-state index contributed by atoms with van der Waals surface area (Å²) in [6.45, 7) is 12.1. The molecule has 0 spiro atoms. The zero-order valence-corrected chi connectivity index (χ0v) is 13.9. The Balaban J connectivity index is 2.84. The molecule has 0 aliphatic carbocycles. The highest BCUT2D eigenvalue weighted by molar-refractivity contribution is 5.97. The van der Waals surface area contributed by atoms with Gasteiger partial charge >= 0.3 is 0 Å². The van der Waals surface area contributed by atoms with Crippen LogP contribution in [0.15, 0.2) is 18.2 Å². The lowest BCUT2D eigenvalue weighted by Crippen LogP contribution is -2.42. The Morgan fingerprint density at radius 1 is 1.33 bits per heavy atom. The zero-order chi connectivity index (χ0) is 16.0. The van der Waals surface area contributed by atoms with Gasteiger partial charge in [0.2, 0.25) is 0 Å². The second-order valence-electron chi connectivity index (χ2n) is 5.62. The first-order valence-electron chi connectivity index (χ1n) is 7.55. The number of ether oxygens (including phenoxy) is 2. The van der Waals surface area contributed by atoms with E-state index in [1.54, 1.807) is 0 Å². The highest BCUT2D eigenvalue weighted by atomic mass is 16.5. The quantitative estimate of drug-likeness (QED) is 0.828. The fraction of sp³-hybridized carbons (Fsp3) is 0.588. The molecule has 4 nitrogen and oxygen atoms in total. The van der Waals surface area contributed by atoms with E-state index in [0.29, 0.717) is 13.0 Å². The lowest BCUT2D eigenvalue weighted by atomic mass is 10.0. The maximum Gasteiger partial charge on any atom is 0.256 e. The van der Waals surface area contributed by atoms with Crippen LogP contribution in [0.4, 0.5) is 5.69 Å². The summed E-state index contributed by atoms with van der Waals surface area (Å²) >= 11 is 0. The van der Waals surface area contributed by atoms with Gasteiger partial charge in [0.05, 0.1) is 6.10 Å². The van der Waals surface area contributed by atoms with E-state index in [2.05, 4.69) is 5.32 Å². The molecule has 0 aromatic heterocycles. The Morgan fingerprint density at radius 2 is 2.00 bits per heavy atom. The van der Waals surface area contributed by atoms with Gasteiger partial charge in [-0.05, 0) is 64.8 Å². The number of nitrogens with one attached hydrogen (secondary N) is 1. The van der Waals surface area contributed by atoms with Crippen molar-refractivity contribution in [3.63, 3.8) is 0 Å². The van der Waals surface area contributed by atoms with Crippen LogP contribution in [0.2, 0.25) is 0 Å². The molecular weight excluding hydrogens is 266 g/mol. The number of rotatable bonds is 7. The molecule has 0 aliphatic heterocycles. The summed E-state index contributed by atoms with van der Waals surface area (Å²) in [4.78, 5) is 12.4. The largest absolute Gasteiger partial charge is 0.491 e. The number of aryl methyl sites for hydroxylation is 1. The summed E-state index contributed by atoms with van der Waals surface area (Å²) in [6, 6.07) is 5.65. The number of hydrogen-bond acceptors (Lipinski definition) is 3. The van der Waals surface area contributed by atoms with Gasteiger partial charge in [0.15, 0.2) is 0 Å². The molecule has 1 atom stereocenters. The molecule has 1 N–H and O–H groups in total. The van der Waals surface area contributed by atoms with Crippen LogP contribution in [-0.4, -0.2) is 24.2 Å². The van der Waals surface area contributed by atoms with E-state index in [9.17, 15) is 4.79 Å². The highest BCUT2D eigenvalue weighted by Gasteiger charge is 2.31. The van der Waals surface area contributed by atoms with Crippen molar-refractivity contribution in [2.24, 2.45) is 0 Å². The van der Waals surface area contributed by atoms with Gasteiger partial charge in [-0.2, -0.15) is 0 Å². The van der Waals surface area contributed by atoms with E-state index < -0.39 is 5.60 Å². The highest BCUT2D eigenvalue weighted by Crippen LogP contribution is 2.24. The first-order valence-corrected chi connectivity index (χ1v) is 7.55. The van der Waals surface area contributed by atoms with Crippen molar-refractivity contribution in [2.45, 2.75) is 59.7 Å². The van der Waals surface area contributed by atoms with Crippen molar-refractivity contribution in [1.82, 2.24) is 0 Å². The van der Waals surface area contributed by atoms with E-state index in [0.717, 1.165) is 17.0 Å². The summed E-state index contributed by atoms with van der Waals surface area (Å²) in [5, 5.41) is 2.92. The molecule has 1 aromatic rings. The first kappa shape index (κ1) is 17.5. The van der Waals surface area contributed by atoms with Gasteiger partial charge in [-0.3, -0.25) is 4.79 Å². The van der Waals surface area contributed by atoms with Crippen LogP contribution in [0.5, 0.6) is 5.75 Å². The second-order valence-corrected chi connectivity index (χ2v) is 5.62. The predicted molar refractivity (Wildman–Crippen MR) is 85.9 cm³/mol. The molecule has 0 saturated carbocycles. The molecule has 0 bridgehead atoms. The van der Waals surface area contributed by atoms with E-state index >= 15 is 0 Å². The molecular formula is C17H27NO3. The van der Waals surface area contributed by atoms with Crippen molar-refractivity contribution >= 4 is 11.6 Å². The topological polar surface area (TPSA) is 47.6 Å². The Labute approximate surface area is 127 Å². The third-order valence-electron chi connectivity index (χ3n) is 3.41. The lowest BCUT2D eigenvalue weighted by molar-refractivity contribution is -0.139. The van der Waals surface area contributed by atoms with Crippen LogP contribution in [-0.2, 0) is 9.53 Å². The van der Waals surface area contributed by atoms with Crippen LogP contribution in [0.1, 0.15) is 46.6 Å². The van der Waals surface area contributed by atoms with Crippen molar-refractivity contribution in [3.05, 3.63) is 23.8 Å². The standard InChI is InChI=1S/C17H27NO3/c1-7-17(6,20-8-2)16(19)18-14-9-10-15(13(5)11-14)21-12(3)4/h9-12H,7-8H2,1-6H3,(H,18,19)/t17-/m1/s1. The van der Waals surface area contributed by atoms with Gasteiger partial charge in [-0.15, -0.1) is 0 Å². The fourth-order valence-electron chi connectivity index (χ4n) is 2.02. The third-order valence-corrected chi connectivity index (χ3v) is 3.41. The Morgan fingerprint density at radius 3 is 2.48 bits per heavy atom. The molecule has 0 heterocycles. The number of carbonyl (C=O) groups is 1. The maximum absolute atomic E-state index is 12.4. The van der Waals surface area contributed by atoms with Gasteiger partial charge in [-0.25, -0.2) is 0 Å². The molecule has 4 heteroatoms. The van der Waals surface area contributed by atoms with Crippen LogP contribution in [0.25, 0.3) is 0 Å². The van der Waals surface area contributed by atoms with Crippen LogP contribution < -0.4 is 10.1 Å². The molecule has 1 amide bonds. The van der Waals surface area contributed by atoms with Crippen LogP contribution >= 0.6 is 0 Å². The maximum atomic E-state index is 12.4. The number of hydrogen-bond donors (Lipinski definition) is 1. The summed E-state index contributed by atoms with van der Waals surface area (Å²) in [5.74, 6) is 0.717. The minimum absolute atomic E-state index is 0.122. The van der Waals surface area contributed by atoms with E-state index in [-0.39, 0.29) is 12.0 Å². The Hall–Kier alpha value is -1.55. The number of benzene rings is 1. The van der Waals surface area contributed by atoms with E-state index in [4.69, 9.17) is 9.47 Å². The number of amides is 1. The molecule has 0 aliphatic rings. The van der Waals surface area contributed by atoms with Gasteiger partial charge in [0, 0.05) is 12.3 Å². The lowest BCUT2D eigenvalue weighted by Gasteiger charge is -2.27. The minimum atomic E-state index is -0.796. The second kappa shape index (κ2) is 7.46.